The van der Waals surface area contributed by atoms with Crippen LogP contribution in [0, 0.1) is 126 Å². The minimum absolute atomic E-state index is 0. The van der Waals surface area contributed by atoms with Gasteiger partial charge in [0.05, 0.1) is 17.1 Å². The maximum Gasteiger partial charge on any atom is 2.00 e. The summed E-state index contributed by atoms with van der Waals surface area (Å²) in [7, 11) is 0. The van der Waals surface area contributed by atoms with E-state index in [1.165, 1.54) is 0 Å². The Morgan fingerprint density at radius 3 is 0.676 bits per heavy atom. The summed E-state index contributed by atoms with van der Waals surface area (Å²) in [5.74, 6) is -71.4. The minimum atomic E-state index is -7.22. The molecule has 0 unspecified atom stereocenters. The molecule has 4 aromatic carbocycles. The molecule has 7 nitrogen and oxygen atoms in total. The summed E-state index contributed by atoms with van der Waals surface area (Å²) in [5, 5.41) is 9.00. The molecule has 0 aliphatic rings. The topological polar surface area (TPSA) is 94.4 Å². The number of nitrogens with zero attached hydrogens (tertiary/aromatic N) is 5. The number of hydrogen-bond acceptors (Lipinski definition) is 7. The normalized spacial score (nSPS) is 11.1. The van der Waals surface area contributed by atoms with E-state index in [0.717, 1.165) is 42.1 Å². The first kappa shape index (κ1) is 56.5. The second-order valence-electron chi connectivity index (χ2n) is 14.0. The number of aromatic nitrogens is 3. The van der Waals surface area contributed by atoms with E-state index in [4.69, 9.17) is 10.1 Å². The molecule has 0 saturated carbocycles. The van der Waals surface area contributed by atoms with Crippen molar-refractivity contribution in [1.29, 1.82) is 0 Å². The van der Waals surface area contributed by atoms with Crippen molar-refractivity contribution in [3.8, 4) is 0 Å². The summed E-state index contributed by atoms with van der Waals surface area (Å²) < 4.78 is 294. The van der Waals surface area contributed by atoms with Crippen LogP contribution in [0.4, 0.5) is 87.8 Å². The van der Waals surface area contributed by atoms with E-state index >= 15 is 35.1 Å². The van der Waals surface area contributed by atoms with Crippen molar-refractivity contribution < 1.29 is 105 Å². The van der Waals surface area contributed by atoms with Gasteiger partial charge in [0.25, 0.3) is 0 Å². The molecule has 3 aromatic heterocycles. The summed E-state index contributed by atoms with van der Waals surface area (Å²) >= 11 is 0. The zero-order chi connectivity index (χ0) is 52.1. The Morgan fingerprint density at radius 2 is 0.521 bits per heavy atom. The van der Waals surface area contributed by atoms with Crippen molar-refractivity contribution in [1.82, 2.24) is 19.9 Å². The monoisotopic (exact) mass is 1080 g/mol. The molecule has 0 saturated heterocycles. The largest absolute Gasteiger partial charge is 2.00 e. The van der Waals surface area contributed by atoms with Gasteiger partial charge in [0.15, 0.2) is 69.8 Å². The van der Waals surface area contributed by atoms with Crippen LogP contribution in [0.2, 0.25) is 0 Å². The Kier molecular flexibility index (Phi) is 18.4. The first-order valence-corrected chi connectivity index (χ1v) is 18.6. The van der Waals surface area contributed by atoms with Crippen LogP contribution in [0.3, 0.4) is 0 Å². The summed E-state index contributed by atoms with van der Waals surface area (Å²) in [6.07, 6.45) is -1.73. The van der Waals surface area contributed by atoms with Gasteiger partial charge in [-0.15, -0.1) is 27.2 Å². The fourth-order valence-corrected chi connectivity index (χ4v) is 7.20. The van der Waals surface area contributed by atoms with Crippen LogP contribution in [0.25, 0.3) is 0 Å². The maximum absolute atomic E-state index is 15.4. The van der Waals surface area contributed by atoms with Crippen molar-refractivity contribution in [3.63, 3.8) is 0 Å². The van der Waals surface area contributed by atoms with Crippen LogP contribution in [0.15, 0.2) is 78.5 Å². The average Bonchev–Trinajstić information content (AvgIpc) is 3.35. The van der Waals surface area contributed by atoms with Crippen LogP contribution in [0.5, 0.6) is 0 Å². The molecular formula is C42H18BCuF20N5O2. The molecule has 7 aromatic rings. The van der Waals surface area contributed by atoms with Gasteiger partial charge in [-0.25, -0.2) is 87.8 Å². The number of benzene rings is 4. The van der Waals surface area contributed by atoms with Crippen LogP contribution >= 0.6 is 0 Å². The maximum atomic E-state index is 15.4. The predicted molar refractivity (Wildman–Crippen MR) is 204 cm³/mol. The Labute approximate surface area is 393 Å². The van der Waals surface area contributed by atoms with Gasteiger partial charge in [-0.2, -0.15) is 0 Å². The van der Waals surface area contributed by atoms with E-state index in [1.807, 2.05) is 73.2 Å². The zero-order valence-electron chi connectivity index (χ0n) is 34.0. The zero-order valence-corrected chi connectivity index (χ0v) is 35.0. The van der Waals surface area contributed by atoms with E-state index in [0.29, 0.717) is 0 Å². The second kappa shape index (κ2) is 23.2. The van der Waals surface area contributed by atoms with Crippen LogP contribution in [-0.4, -0.2) is 26.0 Å². The van der Waals surface area contributed by atoms with Crippen molar-refractivity contribution in [3.05, 3.63) is 217 Å². The molecule has 0 bridgehead atoms. The third-order valence-electron chi connectivity index (χ3n) is 10.0. The second-order valence-corrected chi connectivity index (χ2v) is 14.0. The molecule has 0 spiro atoms. The van der Waals surface area contributed by atoms with Crippen LogP contribution in [-0.2, 0) is 36.7 Å². The standard InChI is InChI=1S/C24BF20.C18H18N4.Cu.HNO2/c26-5-1(6(27)14(35)21(42)13(5)34)25(2-7(28)15(36)22(43)16(37)8(2)29,3-9(30)17(38)23(44)18(39)10(3)31)4-11(32)19(40)24(45)20(41)12(4)33;1-4-10-19-16(7-1)13-22(14-17-8-2-5-11-20-17)15-18-9-3-6-12-21-18;;2-1-3/h;1-12H,13-15H2;;(H,2,3)/q-1;;+2;/p-1. The van der Waals surface area contributed by atoms with Crippen molar-refractivity contribution in [2.75, 3.05) is 0 Å². The number of halogens is 20. The average molecular weight is 1080 g/mol. The fourth-order valence-electron chi connectivity index (χ4n) is 7.20. The number of rotatable bonds is 10. The Balaban J connectivity index is 0.000000350. The molecule has 0 aliphatic carbocycles. The first-order chi connectivity index (χ1) is 33.0. The van der Waals surface area contributed by atoms with Crippen LogP contribution < -0.4 is 21.9 Å². The van der Waals surface area contributed by atoms with Gasteiger partial charge in [0.1, 0.15) is 52.7 Å². The Hall–Kier alpha value is -7.13. The molecule has 0 fully saturated rings. The smallest absolute Gasteiger partial charge is 0.444 e. The SMILES string of the molecule is Fc1c(F)c(F)c([B-](c2c(F)c(F)c(F)c(F)c2F)(c2c(F)c(F)c(F)c(F)c2F)c2c(F)c(F)c(F)c(F)c2F)c(F)c1F.O=N[O-].[Cu+2].c1ccc(CN(Cc2ccccn2)Cc2ccccn2)nc1. The summed E-state index contributed by atoms with van der Waals surface area (Å²) in [5.41, 5.74) is -11.2. The van der Waals surface area contributed by atoms with Gasteiger partial charge in [-0.1, -0.05) is 18.2 Å². The third-order valence-corrected chi connectivity index (χ3v) is 10.0. The summed E-state index contributed by atoms with van der Waals surface area (Å²) in [4.78, 5) is 23.6. The molecular weight excluding hydrogens is 1060 g/mol. The van der Waals surface area contributed by atoms with Crippen molar-refractivity contribution >= 4 is 28.0 Å². The van der Waals surface area contributed by atoms with E-state index in [2.05, 4.69) is 19.9 Å². The summed E-state index contributed by atoms with van der Waals surface area (Å²) in [6.45, 7) is 2.32. The van der Waals surface area contributed by atoms with Gasteiger partial charge >= 0.3 is 17.1 Å². The van der Waals surface area contributed by atoms with Gasteiger partial charge in [0.2, 0.25) is 0 Å². The third kappa shape index (κ3) is 10.5. The molecule has 29 heteroatoms. The molecule has 0 amide bonds. The number of hydrogen-bond donors (Lipinski definition) is 0. The molecule has 7 rings (SSSR count). The van der Waals surface area contributed by atoms with Crippen molar-refractivity contribution in [2.24, 2.45) is 5.34 Å². The quantitative estimate of drug-likeness (QED) is 0.0339. The van der Waals surface area contributed by atoms with E-state index in [1.54, 1.807) is 0 Å². The van der Waals surface area contributed by atoms with Crippen LogP contribution in [0.1, 0.15) is 17.1 Å². The predicted octanol–water partition coefficient (Wildman–Crippen LogP) is 9.17. The minimum Gasteiger partial charge on any atom is -0.444 e. The first-order valence-electron chi connectivity index (χ1n) is 18.6. The molecule has 1 radical (unpaired) electrons. The van der Waals surface area contributed by atoms with Gasteiger partial charge in [-0.3, -0.25) is 19.9 Å². The van der Waals surface area contributed by atoms with E-state index in [9.17, 15) is 52.7 Å². The summed E-state index contributed by atoms with van der Waals surface area (Å²) in [6, 6.07) is 18.0. The molecule has 377 valence electrons. The Bertz CT molecular complexity index is 2600. The number of pyridine rings is 3. The molecule has 71 heavy (non-hydrogen) atoms. The van der Waals surface area contributed by atoms with E-state index < -0.39 is 144 Å². The molecule has 0 aliphatic heterocycles. The van der Waals surface area contributed by atoms with Gasteiger partial charge in [0, 0.05) is 38.2 Å². The van der Waals surface area contributed by atoms with E-state index in [-0.39, 0.29) is 17.1 Å². The molecule has 3 heterocycles. The van der Waals surface area contributed by atoms with Gasteiger partial charge in [-0.05, 0) is 36.4 Å². The Morgan fingerprint density at radius 1 is 0.352 bits per heavy atom. The molecule has 0 N–H and O–H groups in total. The fraction of sp³-hybridized carbons (Fsp3) is 0.0714. The van der Waals surface area contributed by atoms with Crippen molar-refractivity contribution in [2.45, 2.75) is 19.6 Å². The van der Waals surface area contributed by atoms with Gasteiger partial charge < -0.3 is 10.1 Å². The molecule has 0 atom stereocenters.